The van der Waals surface area contributed by atoms with Crippen LogP contribution in [0.15, 0.2) is 24.3 Å². The van der Waals surface area contributed by atoms with Crippen LogP contribution >= 0.6 is 0 Å². The lowest BCUT2D eigenvalue weighted by atomic mass is 10.2. The van der Waals surface area contributed by atoms with E-state index in [9.17, 15) is 9.59 Å². The van der Waals surface area contributed by atoms with E-state index in [1.54, 1.807) is 24.3 Å². The average molecular weight is 220 g/mol. The van der Waals surface area contributed by atoms with Gasteiger partial charge >= 0.3 is 0 Å². The maximum Gasteiger partial charge on any atom is 0.251 e. The summed E-state index contributed by atoms with van der Waals surface area (Å²) < 4.78 is 5.10. The molecule has 1 aliphatic rings. The zero-order chi connectivity index (χ0) is 11.7. The molecule has 5 nitrogen and oxygen atoms in total. The minimum Gasteiger partial charge on any atom is -0.495 e. The number of para-hydroxylation sites is 2. The summed E-state index contributed by atoms with van der Waals surface area (Å²) in [5.41, 5.74) is 5.99. The monoisotopic (exact) mass is 220 g/mol. The van der Waals surface area contributed by atoms with Gasteiger partial charge in [0, 0.05) is 0 Å². The van der Waals surface area contributed by atoms with Crippen molar-refractivity contribution in [1.82, 2.24) is 0 Å². The number of carbonyl (C=O) groups is 2. The Balaban J connectivity index is 2.44. The molecule has 1 saturated heterocycles. The van der Waals surface area contributed by atoms with E-state index in [0.717, 1.165) is 4.90 Å². The first-order chi connectivity index (χ1) is 7.65. The Morgan fingerprint density at radius 2 is 2.06 bits per heavy atom. The van der Waals surface area contributed by atoms with Crippen LogP contribution in [0.25, 0.3) is 0 Å². The highest BCUT2D eigenvalue weighted by Gasteiger charge is 2.38. The predicted molar refractivity (Wildman–Crippen MR) is 58.1 cm³/mol. The molecule has 1 aromatic carbocycles. The van der Waals surface area contributed by atoms with Crippen molar-refractivity contribution in [2.75, 3.05) is 12.0 Å². The van der Waals surface area contributed by atoms with E-state index in [1.165, 1.54) is 7.11 Å². The maximum absolute atomic E-state index is 11.7. The first-order valence-electron chi connectivity index (χ1n) is 4.90. The van der Waals surface area contributed by atoms with Crippen LogP contribution in [0.5, 0.6) is 5.75 Å². The summed E-state index contributed by atoms with van der Waals surface area (Å²) in [6.45, 7) is 0. The molecule has 1 aromatic rings. The van der Waals surface area contributed by atoms with Crippen molar-refractivity contribution >= 4 is 17.5 Å². The van der Waals surface area contributed by atoms with Gasteiger partial charge in [-0.3, -0.25) is 9.59 Å². The Hall–Kier alpha value is -1.88. The van der Waals surface area contributed by atoms with Gasteiger partial charge in [-0.2, -0.15) is 0 Å². The number of carbonyl (C=O) groups excluding carboxylic acids is 2. The second kappa shape index (κ2) is 3.94. The Bertz CT molecular complexity index is 445. The standard InChI is InChI=1S/C11H12N2O3/c1-16-9-5-3-2-4-8(9)13-10(14)6-7(12)11(13)15/h2-5,7H,6,12H2,1H3/t7-/m0/s1. The molecule has 16 heavy (non-hydrogen) atoms. The van der Waals surface area contributed by atoms with Gasteiger partial charge in [0.25, 0.3) is 5.91 Å². The lowest BCUT2D eigenvalue weighted by Gasteiger charge is -2.17. The van der Waals surface area contributed by atoms with E-state index in [2.05, 4.69) is 0 Å². The normalized spacial score (nSPS) is 20.4. The molecule has 2 amide bonds. The van der Waals surface area contributed by atoms with Crippen LogP contribution in [0.1, 0.15) is 6.42 Å². The molecule has 0 saturated carbocycles. The molecule has 0 radical (unpaired) electrons. The molecule has 1 atom stereocenters. The number of imide groups is 1. The number of methoxy groups -OCH3 is 1. The SMILES string of the molecule is COc1ccccc1N1C(=O)C[C@H](N)C1=O. The Labute approximate surface area is 92.8 Å². The maximum atomic E-state index is 11.7. The Morgan fingerprint density at radius 3 is 2.62 bits per heavy atom. The van der Waals surface area contributed by atoms with Crippen LogP contribution in [-0.2, 0) is 9.59 Å². The van der Waals surface area contributed by atoms with Gasteiger partial charge in [0.05, 0.1) is 25.3 Å². The summed E-state index contributed by atoms with van der Waals surface area (Å²) in [5.74, 6) is -0.185. The zero-order valence-corrected chi connectivity index (χ0v) is 8.84. The van der Waals surface area contributed by atoms with Gasteiger partial charge in [-0.1, -0.05) is 12.1 Å². The van der Waals surface area contributed by atoms with E-state index < -0.39 is 6.04 Å². The van der Waals surface area contributed by atoms with Gasteiger partial charge in [0.2, 0.25) is 5.91 Å². The summed E-state index contributed by atoms with van der Waals surface area (Å²) in [4.78, 5) is 24.4. The summed E-state index contributed by atoms with van der Waals surface area (Å²) in [5, 5.41) is 0. The number of benzene rings is 1. The third-order valence-electron chi connectivity index (χ3n) is 2.51. The number of nitrogens with two attached hydrogens (primary N) is 1. The van der Waals surface area contributed by atoms with Crippen LogP contribution in [0.2, 0.25) is 0 Å². The summed E-state index contributed by atoms with van der Waals surface area (Å²) in [7, 11) is 1.49. The number of amides is 2. The molecule has 0 aliphatic carbocycles. The van der Waals surface area contributed by atoms with Crippen LogP contribution in [0.3, 0.4) is 0 Å². The molecule has 1 fully saturated rings. The fraction of sp³-hybridized carbons (Fsp3) is 0.273. The van der Waals surface area contributed by atoms with Crippen molar-refractivity contribution in [2.45, 2.75) is 12.5 Å². The molecular formula is C11H12N2O3. The molecule has 2 N–H and O–H groups in total. The van der Waals surface area contributed by atoms with Crippen molar-refractivity contribution < 1.29 is 14.3 Å². The zero-order valence-electron chi connectivity index (χ0n) is 8.84. The van der Waals surface area contributed by atoms with E-state index in [-0.39, 0.29) is 18.2 Å². The van der Waals surface area contributed by atoms with Gasteiger partial charge in [0.15, 0.2) is 0 Å². The van der Waals surface area contributed by atoms with Crippen LogP contribution < -0.4 is 15.4 Å². The third-order valence-corrected chi connectivity index (χ3v) is 2.51. The molecule has 0 spiro atoms. The first kappa shape index (κ1) is 10.6. The minimum absolute atomic E-state index is 0.0525. The fourth-order valence-corrected chi connectivity index (χ4v) is 1.72. The van der Waals surface area contributed by atoms with Crippen LogP contribution in [-0.4, -0.2) is 25.0 Å². The van der Waals surface area contributed by atoms with Crippen molar-refractivity contribution in [1.29, 1.82) is 0 Å². The van der Waals surface area contributed by atoms with Gasteiger partial charge in [-0.15, -0.1) is 0 Å². The third kappa shape index (κ3) is 1.55. The second-order valence-electron chi connectivity index (χ2n) is 3.55. The molecule has 1 heterocycles. The highest BCUT2D eigenvalue weighted by molar-refractivity contribution is 6.22. The molecule has 84 valence electrons. The van der Waals surface area contributed by atoms with Crippen molar-refractivity contribution in [3.63, 3.8) is 0 Å². The molecule has 0 aromatic heterocycles. The predicted octanol–water partition coefficient (Wildman–Crippen LogP) is 0.286. The van der Waals surface area contributed by atoms with E-state index in [1.807, 2.05) is 0 Å². The van der Waals surface area contributed by atoms with E-state index in [4.69, 9.17) is 10.5 Å². The number of nitrogens with zero attached hydrogens (tertiary/aromatic N) is 1. The van der Waals surface area contributed by atoms with E-state index in [0.29, 0.717) is 11.4 Å². The lowest BCUT2D eigenvalue weighted by Crippen LogP contribution is -2.35. The first-order valence-corrected chi connectivity index (χ1v) is 4.90. The second-order valence-corrected chi connectivity index (χ2v) is 3.55. The quantitative estimate of drug-likeness (QED) is 0.727. The molecule has 5 heteroatoms. The molecular weight excluding hydrogens is 208 g/mol. The summed E-state index contributed by atoms with van der Waals surface area (Å²) in [6, 6.07) is 6.12. The number of anilines is 1. The molecule has 2 rings (SSSR count). The van der Waals surface area contributed by atoms with E-state index >= 15 is 0 Å². The molecule has 0 unspecified atom stereocenters. The average Bonchev–Trinajstić information content (AvgIpc) is 2.53. The number of hydrogen-bond acceptors (Lipinski definition) is 4. The highest BCUT2D eigenvalue weighted by atomic mass is 16.5. The van der Waals surface area contributed by atoms with Crippen molar-refractivity contribution in [3.8, 4) is 5.75 Å². The number of rotatable bonds is 2. The largest absolute Gasteiger partial charge is 0.495 e. The summed E-state index contributed by atoms with van der Waals surface area (Å²) in [6.07, 6.45) is 0.0525. The van der Waals surface area contributed by atoms with Gasteiger partial charge in [0.1, 0.15) is 5.75 Å². The smallest absolute Gasteiger partial charge is 0.251 e. The van der Waals surface area contributed by atoms with Crippen molar-refractivity contribution in [3.05, 3.63) is 24.3 Å². The Morgan fingerprint density at radius 1 is 1.38 bits per heavy atom. The van der Waals surface area contributed by atoms with Gasteiger partial charge in [-0.25, -0.2) is 4.90 Å². The minimum atomic E-state index is -0.739. The highest BCUT2D eigenvalue weighted by Crippen LogP contribution is 2.31. The van der Waals surface area contributed by atoms with Crippen molar-refractivity contribution in [2.24, 2.45) is 5.73 Å². The van der Waals surface area contributed by atoms with Crippen LogP contribution in [0, 0.1) is 0 Å². The van der Waals surface area contributed by atoms with Gasteiger partial charge < -0.3 is 10.5 Å². The topological polar surface area (TPSA) is 72.6 Å². The number of ether oxygens (including phenoxy) is 1. The lowest BCUT2D eigenvalue weighted by molar-refractivity contribution is -0.121. The van der Waals surface area contributed by atoms with Gasteiger partial charge in [-0.05, 0) is 12.1 Å². The van der Waals surface area contributed by atoms with Crippen LogP contribution in [0.4, 0.5) is 5.69 Å². The molecule has 0 bridgehead atoms. The molecule has 1 aliphatic heterocycles. The Kier molecular flexibility index (Phi) is 2.62. The fourth-order valence-electron chi connectivity index (χ4n) is 1.72. The summed E-state index contributed by atoms with van der Waals surface area (Å²) >= 11 is 0. The number of hydrogen-bond donors (Lipinski definition) is 1.